The number of aromatic hydroxyl groups is 1. The predicted molar refractivity (Wildman–Crippen MR) is 130 cm³/mol. The first-order valence-corrected chi connectivity index (χ1v) is 12.5. The monoisotopic (exact) mass is 499 g/mol. The molecule has 194 valence electrons. The number of aliphatic hydroxyl groups excluding tert-OH is 2. The average Bonchev–Trinajstić information content (AvgIpc) is 2.81. The molecule has 10 heteroatoms. The highest BCUT2D eigenvalue weighted by Crippen LogP contribution is 2.53. The Hall–Kier alpha value is -2.95. The van der Waals surface area contributed by atoms with Crippen molar-refractivity contribution in [3.63, 3.8) is 0 Å². The van der Waals surface area contributed by atoms with Gasteiger partial charge in [0.05, 0.1) is 11.7 Å². The molecule has 0 aromatic heterocycles. The molecule has 2 saturated carbocycles. The summed E-state index contributed by atoms with van der Waals surface area (Å²) in [5, 5.41) is 44.6. The van der Waals surface area contributed by atoms with E-state index in [0.29, 0.717) is 6.42 Å². The lowest BCUT2D eigenvalue weighted by Crippen LogP contribution is -2.73. The molecule has 1 saturated heterocycles. The number of anilines is 1. The third-order valence-corrected chi connectivity index (χ3v) is 8.64. The van der Waals surface area contributed by atoms with Crippen molar-refractivity contribution in [1.82, 2.24) is 4.90 Å². The van der Waals surface area contributed by atoms with Crippen LogP contribution in [0.3, 0.4) is 0 Å². The lowest BCUT2D eigenvalue weighted by atomic mass is 9.54. The zero-order chi connectivity index (χ0) is 26.1. The van der Waals surface area contributed by atoms with Crippen molar-refractivity contribution in [1.29, 1.82) is 0 Å². The minimum Gasteiger partial charge on any atom is -0.507 e. The van der Waals surface area contributed by atoms with E-state index in [1.165, 1.54) is 6.07 Å². The SMILES string of the molecule is CN(C)C1C(O)C(C(N)=O)C(=O)[C@@]2(O)C(=O)C3=C(O)c4c(O)ccc(N5CCCCC5)c4C[C@H]3C[C@@H]12. The van der Waals surface area contributed by atoms with E-state index in [-0.39, 0.29) is 23.3 Å². The summed E-state index contributed by atoms with van der Waals surface area (Å²) >= 11 is 0. The van der Waals surface area contributed by atoms with Gasteiger partial charge in [-0.1, -0.05) is 0 Å². The highest BCUT2D eigenvalue weighted by molar-refractivity contribution is 6.25. The highest BCUT2D eigenvalue weighted by Gasteiger charge is 2.67. The van der Waals surface area contributed by atoms with Gasteiger partial charge in [0.2, 0.25) is 11.7 Å². The van der Waals surface area contributed by atoms with Crippen molar-refractivity contribution in [3.8, 4) is 5.75 Å². The van der Waals surface area contributed by atoms with Gasteiger partial charge in [0.25, 0.3) is 0 Å². The number of fused-ring (bicyclic) bond motifs is 3. The van der Waals surface area contributed by atoms with Crippen molar-refractivity contribution in [2.75, 3.05) is 32.1 Å². The van der Waals surface area contributed by atoms with Gasteiger partial charge in [0.1, 0.15) is 17.4 Å². The Balaban J connectivity index is 1.66. The van der Waals surface area contributed by atoms with Crippen LogP contribution in [0.4, 0.5) is 5.69 Å². The van der Waals surface area contributed by atoms with Gasteiger partial charge < -0.3 is 36.0 Å². The van der Waals surface area contributed by atoms with E-state index in [1.807, 2.05) is 6.07 Å². The number of likely N-dealkylation sites (N-methyl/N-ethyl adjacent to an activating group) is 1. The number of primary amides is 1. The van der Waals surface area contributed by atoms with Crippen LogP contribution in [0.2, 0.25) is 0 Å². The molecule has 1 aromatic rings. The van der Waals surface area contributed by atoms with Crippen LogP contribution in [0.5, 0.6) is 5.75 Å². The Bertz CT molecular complexity index is 1170. The quantitative estimate of drug-likeness (QED) is 0.363. The second-order valence-corrected chi connectivity index (χ2v) is 10.8. The van der Waals surface area contributed by atoms with Crippen LogP contribution >= 0.6 is 0 Å². The molecule has 0 spiro atoms. The van der Waals surface area contributed by atoms with E-state index in [9.17, 15) is 34.8 Å². The fraction of sp³-hybridized carbons (Fsp3) is 0.577. The van der Waals surface area contributed by atoms with E-state index in [2.05, 4.69) is 4.90 Å². The van der Waals surface area contributed by atoms with Gasteiger partial charge in [0.15, 0.2) is 11.4 Å². The summed E-state index contributed by atoms with van der Waals surface area (Å²) in [6, 6.07) is 2.41. The molecule has 0 bridgehead atoms. The Morgan fingerprint density at radius 1 is 1.14 bits per heavy atom. The zero-order valence-corrected chi connectivity index (χ0v) is 20.5. The first-order chi connectivity index (χ1) is 17.0. The van der Waals surface area contributed by atoms with Crippen molar-refractivity contribution in [2.24, 2.45) is 23.5 Å². The first-order valence-electron chi connectivity index (χ1n) is 12.5. The number of aliphatic hydroxyl groups is 3. The molecular formula is C26H33N3O7. The number of carbonyl (C=O) groups is 3. The minimum atomic E-state index is -2.63. The fourth-order valence-corrected chi connectivity index (χ4v) is 7.02. The normalized spacial score (nSPS) is 34.4. The van der Waals surface area contributed by atoms with Crippen molar-refractivity contribution >= 4 is 28.9 Å². The summed E-state index contributed by atoms with van der Waals surface area (Å²) in [5.41, 5.74) is 4.39. The lowest BCUT2D eigenvalue weighted by Gasteiger charge is -2.53. The number of Topliss-reactive ketones (excluding diaryl/α,β-unsaturated/α-hetero) is 2. The molecular weight excluding hydrogens is 466 g/mol. The maximum absolute atomic E-state index is 13.9. The Kier molecular flexibility index (Phi) is 5.89. The zero-order valence-electron chi connectivity index (χ0n) is 20.5. The number of benzene rings is 1. The smallest absolute Gasteiger partial charge is 0.230 e. The molecule has 1 heterocycles. The highest BCUT2D eigenvalue weighted by atomic mass is 16.3. The molecule has 6 atom stereocenters. The molecule has 3 unspecified atom stereocenters. The first kappa shape index (κ1) is 24.7. The van der Waals surface area contributed by atoms with E-state index in [0.717, 1.165) is 43.6 Å². The summed E-state index contributed by atoms with van der Waals surface area (Å²) < 4.78 is 0. The van der Waals surface area contributed by atoms with E-state index >= 15 is 0 Å². The fourth-order valence-electron chi connectivity index (χ4n) is 7.02. The van der Waals surface area contributed by atoms with Crippen LogP contribution in [0, 0.1) is 17.8 Å². The van der Waals surface area contributed by atoms with Crippen LogP contribution in [0.1, 0.15) is 36.8 Å². The number of hydrogen-bond acceptors (Lipinski definition) is 9. The standard InChI is InChI=1S/C26H33N3O7/c1-28(2)20-14-11-12-10-13-15(29-8-4-3-5-9-29)6-7-16(30)18(13)21(31)17(12)23(33)26(14,36)24(34)19(22(20)32)25(27)35/h6-7,12,14,19-20,22,30-32,36H,3-5,8-11H2,1-2H3,(H2,27,35)/t12-,14-,19?,20?,22?,26-/m0/s1. The molecule has 36 heavy (non-hydrogen) atoms. The third kappa shape index (κ3) is 3.31. The van der Waals surface area contributed by atoms with E-state index in [4.69, 9.17) is 5.73 Å². The lowest BCUT2D eigenvalue weighted by molar-refractivity contribution is -0.184. The van der Waals surface area contributed by atoms with Crippen LogP contribution in [-0.4, -0.2) is 87.7 Å². The number of piperidine rings is 1. The number of phenolic OH excluding ortho intramolecular Hbond substituents is 1. The summed E-state index contributed by atoms with van der Waals surface area (Å²) in [5.74, 6) is -7.25. The summed E-state index contributed by atoms with van der Waals surface area (Å²) in [4.78, 5) is 43.1. The number of carbonyl (C=O) groups excluding carboxylic acids is 3. The van der Waals surface area contributed by atoms with E-state index < -0.39 is 58.7 Å². The van der Waals surface area contributed by atoms with Gasteiger partial charge in [-0.15, -0.1) is 0 Å². The number of hydrogen-bond donors (Lipinski definition) is 5. The number of amides is 1. The van der Waals surface area contributed by atoms with Gasteiger partial charge in [0, 0.05) is 36.3 Å². The van der Waals surface area contributed by atoms with Gasteiger partial charge in [-0.05, 0) is 69.8 Å². The van der Waals surface area contributed by atoms with Gasteiger partial charge in [-0.25, -0.2) is 0 Å². The number of phenols is 1. The molecule has 0 radical (unpaired) electrons. The number of nitrogens with zero attached hydrogens (tertiary/aromatic N) is 2. The molecule has 3 fully saturated rings. The summed E-state index contributed by atoms with van der Waals surface area (Å²) in [7, 11) is 3.27. The minimum absolute atomic E-state index is 0.118. The molecule has 1 aliphatic heterocycles. The Morgan fingerprint density at radius 2 is 1.81 bits per heavy atom. The van der Waals surface area contributed by atoms with Gasteiger partial charge >= 0.3 is 0 Å². The maximum atomic E-state index is 13.9. The summed E-state index contributed by atoms with van der Waals surface area (Å²) in [6.07, 6.45) is 2.14. The molecule has 1 amide bonds. The molecule has 3 aliphatic carbocycles. The Labute approximate surface area is 209 Å². The second-order valence-electron chi connectivity index (χ2n) is 10.8. The van der Waals surface area contributed by atoms with Crippen LogP contribution < -0.4 is 10.6 Å². The van der Waals surface area contributed by atoms with Crippen LogP contribution in [0.25, 0.3) is 5.76 Å². The molecule has 10 nitrogen and oxygen atoms in total. The van der Waals surface area contributed by atoms with Crippen LogP contribution in [-0.2, 0) is 20.8 Å². The third-order valence-electron chi connectivity index (χ3n) is 8.64. The average molecular weight is 500 g/mol. The van der Waals surface area contributed by atoms with Crippen molar-refractivity contribution < 1.29 is 34.8 Å². The number of rotatable bonds is 3. The molecule has 4 aliphatic rings. The molecule has 1 aromatic carbocycles. The topological polar surface area (TPSA) is 165 Å². The van der Waals surface area contributed by atoms with Crippen LogP contribution in [0.15, 0.2) is 17.7 Å². The molecule has 5 rings (SSSR count). The predicted octanol–water partition coefficient (Wildman–Crippen LogP) is 0.119. The maximum Gasteiger partial charge on any atom is 0.230 e. The number of ketones is 2. The molecule has 6 N–H and O–H groups in total. The summed E-state index contributed by atoms with van der Waals surface area (Å²) in [6.45, 7) is 1.69. The van der Waals surface area contributed by atoms with Gasteiger partial charge in [-0.3, -0.25) is 14.4 Å². The second kappa shape index (κ2) is 8.57. The van der Waals surface area contributed by atoms with Crippen molar-refractivity contribution in [3.05, 3.63) is 28.8 Å². The number of nitrogens with two attached hydrogens (primary N) is 1. The van der Waals surface area contributed by atoms with Gasteiger partial charge in [-0.2, -0.15) is 0 Å². The largest absolute Gasteiger partial charge is 0.507 e. The Morgan fingerprint density at radius 3 is 2.42 bits per heavy atom. The van der Waals surface area contributed by atoms with Crippen molar-refractivity contribution in [2.45, 2.75) is 49.9 Å². The van der Waals surface area contributed by atoms with E-state index in [1.54, 1.807) is 19.0 Å².